The summed E-state index contributed by atoms with van der Waals surface area (Å²) in [6.07, 6.45) is 15.1. The van der Waals surface area contributed by atoms with Crippen molar-refractivity contribution in [1.82, 2.24) is 9.97 Å². The van der Waals surface area contributed by atoms with Crippen LogP contribution in [-0.2, 0) is 0 Å². The molecule has 4 rings (SSSR count). The second-order valence-corrected chi connectivity index (χ2v) is 5.72. The van der Waals surface area contributed by atoms with Crippen LogP contribution in [0.15, 0.2) is 66.1 Å². The Kier molecular flexibility index (Phi) is 2.61. The van der Waals surface area contributed by atoms with E-state index in [1.54, 1.807) is 6.33 Å². The highest BCUT2D eigenvalue weighted by Crippen LogP contribution is 2.36. The highest BCUT2D eigenvalue weighted by atomic mass is 14.8. The molecular formula is C18H15N3. The largest absolute Gasteiger partial charge is 0.252 e. The predicted octanol–water partition coefficient (Wildman–Crippen LogP) is 3.95. The number of rotatable bonds is 1. The van der Waals surface area contributed by atoms with Gasteiger partial charge in [-0.15, -0.1) is 0 Å². The number of fused-ring (bicyclic) bond motifs is 2. The van der Waals surface area contributed by atoms with E-state index < -0.39 is 0 Å². The van der Waals surface area contributed by atoms with Crippen molar-refractivity contribution in [2.75, 3.05) is 0 Å². The van der Waals surface area contributed by atoms with Crippen LogP contribution in [0.4, 0.5) is 0 Å². The van der Waals surface area contributed by atoms with E-state index in [-0.39, 0.29) is 5.41 Å². The molecule has 2 aliphatic rings. The summed E-state index contributed by atoms with van der Waals surface area (Å²) in [6, 6.07) is 6.22. The number of allylic oxidation sites excluding steroid dienone is 5. The third kappa shape index (κ3) is 2.02. The summed E-state index contributed by atoms with van der Waals surface area (Å²) in [7, 11) is 0. The summed E-state index contributed by atoms with van der Waals surface area (Å²) in [4.78, 5) is 13.2. The third-order valence-electron chi connectivity index (χ3n) is 4.18. The van der Waals surface area contributed by atoms with E-state index in [0.29, 0.717) is 0 Å². The second kappa shape index (κ2) is 4.48. The van der Waals surface area contributed by atoms with E-state index in [4.69, 9.17) is 4.99 Å². The van der Waals surface area contributed by atoms with Crippen LogP contribution >= 0.6 is 0 Å². The molecule has 102 valence electrons. The number of hydrogen-bond acceptors (Lipinski definition) is 3. The minimum Gasteiger partial charge on any atom is -0.252 e. The van der Waals surface area contributed by atoms with Crippen LogP contribution in [-0.4, -0.2) is 15.7 Å². The van der Waals surface area contributed by atoms with Crippen molar-refractivity contribution in [3.63, 3.8) is 0 Å². The maximum Gasteiger partial charge on any atom is 0.116 e. The van der Waals surface area contributed by atoms with Crippen LogP contribution in [0.5, 0.6) is 0 Å². The van der Waals surface area contributed by atoms with E-state index in [9.17, 15) is 0 Å². The molecule has 0 amide bonds. The van der Waals surface area contributed by atoms with Gasteiger partial charge in [-0.05, 0) is 18.6 Å². The van der Waals surface area contributed by atoms with E-state index >= 15 is 0 Å². The number of aliphatic imine (C=N–C) groups is 1. The minimum atomic E-state index is 0.0390. The quantitative estimate of drug-likeness (QED) is 0.789. The SMILES string of the molecule is CC12C=CC=CC1=NC(c1ccc3cncnc3c1)=CC2. The van der Waals surface area contributed by atoms with E-state index in [1.165, 1.54) is 0 Å². The fourth-order valence-corrected chi connectivity index (χ4v) is 2.83. The Morgan fingerprint density at radius 1 is 1.19 bits per heavy atom. The first-order valence-corrected chi connectivity index (χ1v) is 7.10. The van der Waals surface area contributed by atoms with Gasteiger partial charge in [0, 0.05) is 22.6 Å². The monoisotopic (exact) mass is 273 g/mol. The van der Waals surface area contributed by atoms with Crippen molar-refractivity contribution in [3.8, 4) is 0 Å². The Balaban J connectivity index is 1.78. The van der Waals surface area contributed by atoms with E-state index in [0.717, 1.165) is 34.3 Å². The summed E-state index contributed by atoms with van der Waals surface area (Å²) < 4.78 is 0. The molecule has 0 saturated heterocycles. The molecule has 1 aliphatic heterocycles. The molecule has 0 N–H and O–H groups in total. The van der Waals surface area contributed by atoms with Crippen LogP contribution in [0, 0.1) is 5.41 Å². The maximum absolute atomic E-state index is 4.85. The average Bonchev–Trinajstić information content (AvgIpc) is 2.53. The fraction of sp³-hybridized carbons (Fsp3) is 0.167. The molecule has 2 aromatic rings. The normalized spacial score (nSPS) is 23.7. The first-order valence-electron chi connectivity index (χ1n) is 7.10. The summed E-state index contributed by atoms with van der Waals surface area (Å²) in [6.45, 7) is 2.23. The van der Waals surface area contributed by atoms with Crippen molar-refractivity contribution >= 4 is 22.3 Å². The van der Waals surface area contributed by atoms with Crippen molar-refractivity contribution in [2.45, 2.75) is 13.3 Å². The first-order chi connectivity index (χ1) is 10.2. The smallest absolute Gasteiger partial charge is 0.116 e. The Hall–Kier alpha value is -2.55. The van der Waals surface area contributed by atoms with Crippen molar-refractivity contribution in [3.05, 3.63) is 66.7 Å². The van der Waals surface area contributed by atoms with Crippen molar-refractivity contribution in [2.24, 2.45) is 10.4 Å². The highest BCUT2D eigenvalue weighted by molar-refractivity contribution is 6.06. The van der Waals surface area contributed by atoms with Gasteiger partial charge in [-0.1, -0.05) is 43.4 Å². The molecule has 1 atom stereocenters. The molecular weight excluding hydrogens is 258 g/mol. The zero-order chi connectivity index (χ0) is 14.3. The van der Waals surface area contributed by atoms with Gasteiger partial charge in [0.2, 0.25) is 0 Å². The highest BCUT2D eigenvalue weighted by Gasteiger charge is 2.29. The molecule has 0 spiro atoms. The van der Waals surface area contributed by atoms with Gasteiger partial charge in [0.05, 0.1) is 16.9 Å². The van der Waals surface area contributed by atoms with Crippen LogP contribution in [0.2, 0.25) is 0 Å². The van der Waals surface area contributed by atoms with Crippen molar-refractivity contribution < 1.29 is 0 Å². The zero-order valence-electron chi connectivity index (χ0n) is 11.8. The van der Waals surface area contributed by atoms with Gasteiger partial charge in [-0.2, -0.15) is 0 Å². The lowest BCUT2D eigenvalue weighted by Crippen LogP contribution is -2.27. The van der Waals surface area contributed by atoms with Gasteiger partial charge >= 0.3 is 0 Å². The molecule has 0 bridgehead atoms. The second-order valence-electron chi connectivity index (χ2n) is 5.72. The molecule has 0 radical (unpaired) electrons. The summed E-state index contributed by atoms with van der Waals surface area (Å²) in [5, 5.41) is 1.05. The minimum absolute atomic E-state index is 0.0390. The lowest BCUT2D eigenvalue weighted by Gasteiger charge is -2.30. The molecule has 21 heavy (non-hydrogen) atoms. The van der Waals surface area contributed by atoms with Crippen LogP contribution in [0.25, 0.3) is 16.6 Å². The number of nitrogens with zero attached hydrogens (tertiary/aromatic N) is 3. The topological polar surface area (TPSA) is 38.1 Å². The van der Waals surface area contributed by atoms with Crippen LogP contribution in [0.3, 0.4) is 0 Å². The van der Waals surface area contributed by atoms with E-state index in [2.05, 4.69) is 65.5 Å². The average molecular weight is 273 g/mol. The van der Waals surface area contributed by atoms with Gasteiger partial charge in [0.25, 0.3) is 0 Å². The molecule has 0 fully saturated rings. The zero-order valence-corrected chi connectivity index (χ0v) is 11.8. The Bertz CT molecular complexity index is 842. The molecule has 3 heteroatoms. The molecule has 1 aromatic heterocycles. The molecule has 1 aliphatic carbocycles. The van der Waals surface area contributed by atoms with E-state index in [1.807, 2.05) is 6.20 Å². The lowest BCUT2D eigenvalue weighted by molar-refractivity contribution is 0.602. The molecule has 0 saturated carbocycles. The van der Waals surface area contributed by atoms with Gasteiger partial charge in [-0.25, -0.2) is 9.97 Å². The predicted molar refractivity (Wildman–Crippen MR) is 86.0 cm³/mol. The third-order valence-corrected chi connectivity index (χ3v) is 4.18. The maximum atomic E-state index is 4.85. The van der Waals surface area contributed by atoms with Gasteiger partial charge < -0.3 is 0 Å². The fourth-order valence-electron chi connectivity index (χ4n) is 2.83. The summed E-state index contributed by atoms with van der Waals surface area (Å²) >= 11 is 0. The van der Waals surface area contributed by atoms with Crippen LogP contribution < -0.4 is 0 Å². The number of hydrogen-bond donors (Lipinski definition) is 0. The number of benzene rings is 1. The Labute approximate surface area is 123 Å². The summed E-state index contributed by atoms with van der Waals surface area (Å²) in [5.41, 5.74) is 4.26. The molecule has 2 heterocycles. The van der Waals surface area contributed by atoms with Gasteiger partial charge in [0.1, 0.15) is 6.33 Å². The molecule has 1 aromatic carbocycles. The molecule has 1 unspecified atom stereocenters. The Morgan fingerprint density at radius 3 is 3.10 bits per heavy atom. The van der Waals surface area contributed by atoms with Crippen LogP contribution in [0.1, 0.15) is 18.9 Å². The first kappa shape index (κ1) is 12.2. The molecule has 3 nitrogen and oxygen atoms in total. The van der Waals surface area contributed by atoms with Gasteiger partial charge in [0.15, 0.2) is 0 Å². The summed E-state index contributed by atoms with van der Waals surface area (Å²) in [5.74, 6) is 0. The van der Waals surface area contributed by atoms with Crippen molar-refractivity contribution in [1.29, 1.82) is 0 Å². The Morgan fingerprint density at radius 2 is 2.14 bits per heavy atom. The standard InChI is InChI=1S/C18H15N3/c1-18-8-3-2-4-17(18)21-15(7-9-18)13-5-6-14-11-19-12-20-16(14)10-13/h2-8,10-12H,9H2,1H3. The number of aromatic nitrogens is 2. The van der Waals surface area contributed by atoms with Gasteiger partial charge in [-0.3, -0.25) is 4.99 Å². The lowest BCUT2D eigenvalue weighted by atomic mass is 9.77.